The monoisotopic (exact) mass is 418 g/mol. The molecule has 2 rings (SSSR count). The van der Waals surface area contributed by atoms with Crippen LogP contribution in [0, 0.1) is 0 Å². The highest BCUT2D eigenvalue weighted by atomic mass is 32.2. The van der Waals surface area contributed by atoms with Gasteiger partial charge in [-0.2, -0.15) is 0 Å². The smallest absolute Gasteiger partial charge is 0.253 e. The van der Waals surface area contributed by atoms with Crippen LogP contribution in [0.3, 0.4) is 0 Å². The lowest BCUT2D eigenvalue weighted by molar-refractivity contribution is 0.0785. The maximum Gasteiger partial charge on any atom is 0.253 e. The number of hydrogen-bond acceptors (Lipinski definition) is 4. The van der Waals surface area contributed by atoms with E-state index < -0.39 is 15.6 Å². The predicted octanol–water partition coefficient (Wildman–Crippen LogP) is 3.61. The summed E-state index contributed by atoms with van der Waals surface area (Å²) in [5.74, 6) is -0.0736. The Morgan fingerprint density at radius 2 is 1.66 bits per heavy atom. The van der Waals surface area contributed by atoms with Crippen molar-refractivity contribution in [3.05, 3.63) is 59.2 Å². The zero-order chi connectivity index (χ0) is 21.8. The molecule has 6 nitrogen and oxygen atoms in total. The van der Waals surface area contributed by atoms with Crippen LogP contribution in [0.15, 0.2) is 47.4 Å². The molecule has 0 aromatic heterocycles. The number of rotatable bonds is 7. The van der Waals surface area contributed by atoms with Crippen LogP contribution in [0.4, 0.5) is 0 Å². The molecule has 0 saturated heterocycles. The number of carbonyl (C=O) groups excluding carboxylic acids is 1. The zero-order valence-electron chi connectivity index (χ0n) is 17.9. The van der Waals surface area contributed by atoms with Crippen molar-refractivity contribution in [2.24, 2.45) is 0 Å². The van der Waals surface area contributed by atoms with Crippen LogP contribution in [-0.4, -0.2) is 38.9 Å². The number of aryl methyl sites for hydroxylation is 1. The maximum absolute atomic E-state index is 12.9. The van der Waals surface area contributed by atoms with Gasteiger partial charge in [-0.1, -0.05) is 31.2 Å². The molecule has 2 aromatic carbocycles. The molecule has 158 valence electrons. The Morgan fingerprint density at radius 1 is 1.07 bits per heavy atom. The standard InChI is InChI=1S/C22H30N2O4S/c1-7-16-8-10-17(11-9-16)15-24(5)21(25)18-12-13-19(28-6)20(14-18)29(26,27)23-22(2,3)4/h8-14,23H,7,15H2,1-6H3. The normalized spacial score (nSPS) is 11.9. The van der Waals surface area contributed by atoms with E-state index in [0.717, 1.165) is 12.0 Å². The van der Waals surface area contributed by atoms with Gasteiger partial charge in [0, 0.05) is 24.7 Å². The van der Waals surface area contributed by atoms with E-state index in [1.165, 1.54) is 24.8 Å². The van der Waals surface area contributed by atoms with E-state index >= 15 is 0 Å². The minimum Gasteiger partial charge on any atom is -0.495 e. The summed E-state index contributed by atoms with van der Waals surface area (Å²) in [6.07, 6.45) is 0.959. The SMILES string of the molecule is CCc1ccc(CN(C)C(=O)c2ccc(OC)c(S(=O)(=O)NC(C)(C)C)c2)cc1. The molecule has 2 aromatic rings. The molecule has 29 heavy (non-hydrogen) atoms. The molecule has 0 aliphatic carbocycles. The third-order valence-electron chi connectivity index (χ3n) is 4.34. The molecule has 0 saturated carbocycles. The van der Waals surface area contributed by atoms with Gasteiger partial charge in [-0.15, -0.1) is 0 Å². The number of nitrogens with one attached hydrogen (secondary N) is 1. The molecule has 0 atom stereocenters. The molecule has 0 bridgehead atoms. The maximum atomic E-state index is 12.9. The highest BCUT2D eigenvalue weighted by Crippen LogP contribution is 2.26. The third-order valence-corrected chi connectivity index (χ3v) is 6.12. The molecule has 1 N–H and O–H groups in total. The second-order valence-corrected chi connectivity index (χ2v) is 9.70. The number of sulfonamides is 1. The second-order valence-electron chi connectivity index (χ2n) is 8.05. The largest absolute Gasteiger partial charge is 0.495 e. The van der Waals surface area contributed by atoms with Crippen LogP contribution in [0.1, 0.15) is 49.2 Å². The number of benzene rings is 2. The highest BCUT2D eigenvalue weighted by molar-refractivity contribution is 7.89. The van der Waals surface area contributed by atoms with Crippen molar-refractivity contribution < 1.29 is 17.9 Å². The van der Waals surface area contributed by atoms with Crippen LogP contribution >= 0.6 is 0 Å². The summed E-state index contributed by atoms with van der Waals surface area (Å²) >= 11 is 0. The molecule has 1 amide bonds. The van der Waals surface area contributed by atoms with E-state index in [9.17, 15) is 13.2 Å². The van der Waals surface area contributed by atoms with Gasteiger partial charge in [0.1, 0.15) is 10.6 Å². The summed E-state index contributed by atoms with van der Waals surface area (Å²) in [6.45, 7) is 7.78. The molecule has 0 aliphatic heterocycles. The van der Waals surface area contributed by atoms with E-state index in [-0.39, 0.29) is 22.1 Å². The Kier molecular flexibility index (Phi) is 7.08. The zero-order valence-corrected chi connectivity index (χ0v) is 18.8. The topological polar surface area (TPSA) is 75.7 Å². The Balaban J connectivity index is 2.30. The van der Waals surface area contributed by atoms with Crippen LogP contribution in [0.2, 0.25) is 0 Å². The average molecular weight is 419 g/mol. The minimum atomic E-state index is -3.85. The van der Waals surface area contributed by atoms with Crippen molar-refractivity contribution >= 4 is 15.9 Å². The fourth-order valence-electron chi connectivity index (χ4n) is 2.92. The Hall–Kier alpha value is -2.38. The first kappa shape index (κ1) is 22.9. The first-order chi connectivity index (χ1) is 13.5. The first-order valence-corrected chi connectivity index (χ1v) is 11.0. The molecule has 0 unspecified atom stereocenters. The van der Waals surface area contributed by atoms with Gasteiger partial charge in [0.25, 0.3) is 5.91 Å². The molecule has 0 radical (unpaired) electrons. The lowest BCUT2D eigenvalue weighted by Crippen LogP contribution is -2.40. The summed E-state index contributed by atoms with van der Waals surface area (Å²) in [5, 5.41) is 0. The van der Waals surface area contributed by atoms with Crippen molar-refractivity contribution in [1.82, 2.24) is 9.62 Å². The summed E-state index contributed by atoms with van der Waals surface area (Å²) in [7, 11) is -0.757. The summed E-state index contributed by atoms with van der Waals surface area (Å²) in [5.41, 5.74) is 1.87. The van der Waals surface area contributed by atoms with Gasteiger partial charge >= 0.3 is 0 Å². The number of hydrogen-bond donors (Lipinski definition) is 1. The van der Waals surface area contributed by atoms with Crippen LogP contribution in [0.25, 0.3) is 0 Å². The van der Waals surface area contributed by atoms with E-state index in [1.54, 1.807) is 38.8 Å². The fourth-order valence-corrected chi connectivity index (χ4v) is 4.54. The van der Waals surface area contributed by atoms with Gasteiger partial charge < -0.3 is 9.64 Å². The first-order valence-electron chi connectivity index (χ1n) is 9.52. The summed E-state index contributed by atoms with van der Waals surface area (Å²) in [6, 6.07) is 12.5. The lowest BCUT2D eigenvalue weighted by atomic mass is 10.1. The number of methoxy groups -OCH3 is 1. The van der Waals surface area contributed by atoms with E-state index in [4.69, 9.17) is 4.74 Å². The van der Waals surface area contributed by atoms with Crippen molar-refractivity contribution in [3.8, 4) is 5.75 Å². The molecule has 0 aliphatic rings. The van der Waals surface area contributed by atoms with Crippen molar-refractivity contribution in [2.45, 2.75) is 51.1 Å². The minimum absolute atomic E-state index is 0.0542. The van der Waals surface area contributed by atoms with Gasteiger partial charge in [-0.3, -0.25) is 4.79 Å². The van der Waals surface area contributed by atoms with Crippen molar-refractivity contribution in [1.29, 1.82) is 0 Å². The summed E-state index contributed by atoms with van der Waals surface area (Å²) in [4.78, 5) is 14.4. The van der Waals surface area contributed by atoms with E-state index in [2.05, 4.69) is 11.6 Å². The molecular formula is C22H30N2O4S. The van der Waals surface area contributed by atoms with Gasteiger partial charge in [0.05, 0.1) is 7.11 Å². The van der Waals surface area contributed by atoms with Crippen molar-refractivity contribution in [3.63, 3.8) is 0 Å². The van der Waals surface area contributed by atoms with Gasteiger partial charge in [-0.05, 0) is 56.5 Å². The quantitative estimate of drug-likeness (QED) is 0.745. The van der Waals surface area contributed by atoms with Crippen LogP contribution in [-0.2, 0) is 23.0 Å². The molecule has 0 fully saturated rings. The van der Waals surface area contributed by atoms with Crippen LogP contribution in [0.5, 0.6) is 5.75 Å². The van der Waals surface area contributed by atoms with Crippen LogP contribution < -0.4 is 9.46 Å². The lowest BCUT2D eigenvalue weighted by Gasteiger charge is -2.22. The Bertz CT molecular complexity index is 961. The van der Waals surface area contributed by atoms with Gasteiger partial charge in [-0.25, -0.2) is 13.1 Å². The summed E-state index contributed by atoms with van der Waals surface area (Å²) < 4.78 is 33.4. The number of amides is 1. The number of nitrogens with zero attached hydrogens (tertiary/aromatic N) is 1. The number of ether oxygens (including phenoxy) is 1. The molecular weight excluding hydrogens is 388 g/mol. The number of carbonyl (C=O) groups is 1. The predicted molar refractivity (Wildman–Crippen MR) is 115 cm³/mol. The van der Waals surface area contributed by atoms with Crippen molar-refractivity contribution in [2.75, 3.05) is 14.2 Å². The Labute approximate surface area is 173 Å². The average Bonchev–Trinajstić information content (AvgIpc) is 2.65. The second kappa shape index (κ2) is 8.97. The molecule has 0 spiro atoms. The van der Waals surface area contributed by atoms with Gasteiger partial charge in [0.15, 0.2) is 0 Å². The van der Waals surface area contributed by atoms with E-state index in [1.807, 2.05) is 24.3 Å². The molecule has 0 heterocycles. The molecule has 7 heteroatoms. The third kappa shape index (κ3) is 6.05. The van der Waals surface area contributed by atoms with E-state index in [0.29, 0.717) is 6.54 Å². The van der Waals surface area contributed by atoms with Gasteiger partial charge in [0.2, 0.25) is 10.0 Å². The Morgan fingerprint density at radius 3 is 2.17 bits per heavy atom. The highest BCUT2D eigenvalue weighted by Gasteiger charge is 2.27. The fraction of sp³-hybridized carbons (Fsp3) is 0.409.